The Bertz CT molecular complexity index is 865. The average molecular weight is 317 g/mol. The van der Waals surface area contributed by atoms with Crippen LogP contribution in [0.5, 0.6) is 0 Å². The fourth-order valence-electron chi connectivity index (χ4n) is 2.56. The van der Waals surface area contributed by atoms with Crippen LogP contribution in [0.15, 0.2) is 72.3 Å². The van der Waals surface area contributed by atoms with E-state index in [0.29, 0.717) is 12.1 Å². The monoisotopic (exact) mass is 317 g/mol. The Balaban J connectivity index is 1.89. The van der Waals surface area contributed by atoms with Crippen LogP contribution in [0.1, 0.15) is 34.0 Å². The molecule has 0 unspecified atom stereocenters. The first kappa shape index (κ1) is 15.9. The number of aryl methyl sites for hydroxylation is 1. The minimum absolute atomic E-state index is 0.0596. The van der Waals surface area contributed by atoms with Crippen LogP contribution in [0.3, 0.4) is 0 Å². The third-order valence-electron chi connectivity index (χ3n) is 3.97. The zero-order valence-electron chi connectivity index (χ0n) is 13.9. The van der Waals surface area contributed by atoms with E-state index in [2.05, 4.69) is 11.6 Å². The van der Waals surface area contributed by atoms with Gasteiger partial charge in [-0.3, -0.25) is 14.8 Å². The Kier molecular flexibility index (Phi) is 4.38. The average Bonchev–Trinajstić information content (AvgIpc) is 2.58. The first-order valence-electron chi connectivity index (χ1n) is 7.78. The highest BCUT2D eigenvalue weighted by Gasteiger charge is 2.14. The van der Waals surface area contributed by atoms with Gasteiger partial charge >= 0.3 is 0 Å². The Morgan fingerprint density at radius 1 is 1.25 bits per heavy atom. The second kappa shape index (κ2) is 6.62. The number of hydrazone groups is 1. The highest BCUT2D eigenvalue weighted by molar-refractivity contribution is 6.10. The summed E-state index contributed by atoms with van der Waals surface area (Å²) in [6, 6.07) is 9.58. The number of ketones is 1. The molecule has 1 aromatic heterocycles. The van der Waals surface area contributed by atoms with E-state index in [1.54, 1.807) is 13.1 Å². The highest BCUT2D eigenvalue weighted by Crippen LogP contribution is 2.20. The second-order valence-corrected chi connectivity index (χ2v) is 5.81. The summed E-state index contributed by atoms with van der Waals surface area (Å²) in [4.78, 5) is 15.7. The number of pyridine rings is 1. The summed E-state index contributed by atoms with van der Waals surface area (Å²) in [5.41, 5.74) is 5.52. The van der Waals surface area contributed by atoms with Crippen LogP contribution in [0.2, 0.25) is 0 Å². The van der Waals surface area contributed by atoms with Crippen molar-refractivity contribution in [2.45, 2.75) is 20.4 Å². The summed E-state index contributed by atoms with van der Waals surface area (Å²) in [7, 11) is 0. The van der Waals surface area contributed by atoms with Gasteiger partial charge in [0, 0.05) is 23.5 Å². The van der Waals surface area contributed by atoms with E-state index in [9.17, 15) is 4.79 Å². The predicted octanol–water partition coefficient (Wildman–Crippen LogP) is 3.88. The largest absolute Gasteiger partial charge is 0.295 e. The van der Waals surface area contributed by atoms with E-state index in [1.165, 1.54) is 0 Å². The van der Waals surface area contributed by atoms with Gasteiger partial charge in [0.25, 0.3) is 0 Å². The van der Waals surface area contributed by atoms with E-state index in [-0.39, 0.29) is 5.78 Å². The summed E-state index contributed by atoms with van der Waals surface area (Å²) in [5, 5.41) is 6.55. The molecule has 2 aromatic rings. The van der Waals surface area contributed by atoms with E-state index >= 15 is 0 Å². The van der Waals surface area contributed by atoms with Gasteiger partial charge in [0.2, 0.25) is 0 Å². The maximum atomic E-state index is 11.6. The lowest BCUT2D eigenvalue weighted by atomic mass is 10.1. The van der Waals surface area contributed by atoms with Crippen molar-refractivity contribution in [1.29, 1.82) is 0 Å². The maximum Gasteiger partial charge on any atom is 0.159 e. The smallest absolute Gasteiger partial charge is 0.159 e. The predicted molar refractivity (Wildman–Crippen MR) is 95.8 cm³/mol. The number of rotatable bonds is 4. The Hall–Kier alpha value is -3.01. The SMILES string of the molecule is C=C1C=CC(c2cnccc2C)=NN1Cc1cccc(C(C)=O)c1. The van der Waals surface area contributed by atoms with Gasteiger partial charge in [0.1, 0.15) is 0 Å². The van der Waals surface area contributed by atoms with Crippen LogP contribution in [0.4, 0.5) is 0 Å². The molecule has 0 saturated heterocycles. The number of hydrogen-bond acceptors (Lipinski definition) is 4. The van der Waals surface area contributed by atoms with E-state index < -0.39 is 0 Å². The summed E-state index contributed by atoms with van der Waals surface area (Å²) in [6.07, 6.45) is 7.50. The van der Waals surface area contributed by atoms with Crippen molar-refractivity contribution < 1.29 is 4.79 Å². The Morgan fingerprint density at radius 3 is 2.83 bits per heavy atom. The number of allylic oxidation sites excluding steroid dienone is 2. The summed E-state index contributed by atoms with van der Waals surface area (Å²) >= 11 is 0. The number of Topliss-reactive ketones (excluding diaryl/α,β-unsaturated/α-hetero) is 1. The summed E-state index contributed by atoms with van der Waals surface area (Å²) < 4.78 is 0. The first-order chi connectivity index (χ1) is 11.5. The summed E-state index contributed by atoms with van der Waals surface area (Å²) in [6.45, 7) is 8.22. The van der Waals surface area contributed by atoms with Crippen molar-refractivity contribution in [3.8, 4) is 0 Å². The molecule has 0 fully saturated rings. The molecule has 24 heavy (non-hydrogen) atoms. The molecule has 1 aliphatic rings. The molecule has 0 bridgehead atoms. The molecule has 0 radical (unpaired) electrons. The number of hydrogen-bond donors (Lipinski definition) is 0. The van der Waals surface area contributed by atoms with Crippen molar-refractivity contribution in [3.05, 3.63) is 89.4 Å². The Labute approximate surface area is 141 Å². The lowest BCUT2D eigenvalue weighted by molar-refractivity contribution is 0.101. The molecule has 1 aliphatic heterocycles. The van der Waals surface area contributed by atoms with Gasteiger partial charge < -0.3 is 0 Å². The highest BCUT2D eigenvalue weighted by atomic mass is 16.1. The van der Waals surface area contributed by atoms with E-state index in [4.69, 9.17) is 5.10 Å². The molecule has 4 nitrogen and oxygen atoms in total. The van der Waals surface area contributed by atoms with Crippen molar-refractivity contribution in [3.63, 3.8) is 0 Å². The van der Waals surface area contributed by atoms with Gasteiger partial charge in [0.05, 0.1) is 18.0 Å². The molecule has 0 atom stereocenters. The summed E-state index contributed by atoms with van der Waals surface area (Å²) in [5.74, 6) is 0.0596. The fourth-order valence-corrected chi connectivity index (χ4v) is 2.56. The second-order valence-electron chi connectivity index (χ2n) is 5.81. The minimum Gasteiger partial charge on any atom is -0.295 e. The van der Waals surface area contributed by atoms with Crippen LogP contribution < -0.4 is 0 Å². The Morgan fingerprint density at radius 2 is 2.08 bits per heavy atom. The standard InChI is InChI=1S/C20H19N3O/c1-14-9-10-21-12-19(14)20-8-7-15(2)23(22-20)13-17-5-4-6-18(11-17)16(3)24/h4-12H,2,13H2,1,3H3. The topological polar surface area (TPSA) is 45.6 Å². The molecular weight excluding hydrogens is 298 g/mol. The molecule has 3 rings (SSSR count). The van der Waals surface area contributed by atoms with Crippen molar-refractivity contribution in [2.24, 2.45) is 5.10 Å². The van der Waals surface area contributed by atoms with Crippen LogP contribution >= 0.6 is 0 Å². The quantitative estimate of drug-likeness (QED) is 0.804. The number of carbonyl (C=O) groups excluding carboxylic acids is 1. The molecule has 0 amide bonds. The molecule has 0 N–H and O–H groups in total. The van der Waals surface area contributed by atoms with Crippen LogP contribution in [-0.4, -0.2) is 21.5 Å². The fraction of sp³-hybridized carbons (Fsp3) is 0.150. The van der Waals surface area contributed by atoms with Crippen LogP contribution in [0.25, 0.3) is 0 Å². The van der Waals surface area contributed by atoms with E-state index in [1.807, 2.05) is 60.6 Å². The number of aromatic nitrogens is 1. The first-order valence-corrected chi connectivity index (χ1v) is 7.78. The zero-order chi connectivity index (χ0) is 17.1. The number of benzene rings is 1. The van der Waals surface area contributed by atoms with Crippen LogP contribution in [-0.2, 0) is 6.54 Å². The molecule has 0 aliphatic carbocycles. The van der Waals surface area contributed by atoms with E-state index in [0.717, 1.165) is 28.1 Å². The zero-order valence-corrected chi connectivity index (χ0v) is 13.9. The molecule has 1 aromatic carbocycles. The van der Waals surface area contributed by atoms with Crippen molar-refractivity contribution in [2.75, 3.05) is 0 Å². The van der Waals surface area contributed by atoms with Gasteiger partial charge in [0.15, 0.2) is 5.78 Å². The number of nitrogens with zero attached hydrogens (tertiary/aromatic N) is 3. The molecule has 0 spiro atoms. The van der Waals surface area contributed by atoms with Gasteiger partial charge in [-0.05, 0) is 49.3 Å². The van der Waals surface area contributed by atoms with Gasteiger partial charge in [-0.25, -0.2) is 0 Å². The minimum atomic E-state index is 0.0596. The van der Waals surface area contributed by atoms with Gasteiger partial charge in [-0.2, -0.15) is 5.10 Å². The van der Waals surface area contributed by atoms with Crippen molar-refractivity contribution >= 4 is 11.5 Å². The van der Waals surface area contributed by atoms with Gasteiger partial charge in [-0.15, -0.1) is 0 Å². The van der Waals surface area contributed by atoms with Crippen LogP contribution in [0, 0.1) is 6.92 Å². The molecule has 0 saturated carbocycles. The molecule has 2 heterocycles. The lowest BCUT2D eigenvalue weighted by Gasteiger charge is -2.24. The molecule has 4 heteroatoms. The van der Waals surface area contributed by atoms with Crippen molar-refractivity contribution in [1.82, 2.24) is 9.99 Å². The molecule has 120 valence electrons. The molecular formula is C20H19N3O. The number of carbonyl (C=O) groups is 1. The van der Waals surface area contributed by atoms with Gasteiger partial charge in [-0.1, -0.05) is 24.8 Å². The lowest BCUT2D eigenvalue weighted by Crippen LogP contribution is -2.21. The normalized spacial score (nSPS) is 13.8. The maximum absolute atomic E-state index is 11.6. The third-order valence-corrected chi connectivity index (χ3v) is 3.97. The third kappa shape index (κ3) is 3.33.